The number of rotatable bonds is 7. The van der Waals surface area contributed by atoms with E-state index in [4.69, 9.17) is 5.73 Å². The number of hydrogen-bond acceptors (Lipinski definition) is 4. The van der Waals surface area contributed by atoms with Crippen LogP contribution in [0.5, 0.6) is 0 Å². The van der Waals surface area contributed by atoms with E-state index in [0.717, 1.165) is 12.8 Å². The van der Waals surface area contributed by atoms with E-state index in [2.05, 4.69) is 10.0 Å². The highest BCUT2D eigenvalue weighted by molar-refractivity contribution is 7.89. The molecular formula is C14H21N3O3S. The summed E-state index contributed by atoms with van der Waals surface area (Å²) in [5.41, 5.74) is 5.90. The third-order valence-electron chi connectivity index (χ3n) is 3.36. The van der Waals surface area contributed by atoms with Crippen LogP contribution in [-0.2, 0) is 14.8 Å². The molecule has 1 atom stereocenters. The molecule has 21 heavy (non-hydrogen) atoms. The summed E-state index contributed by atoms with van der Waals surface area (Å²) in [5.74, 6) is -0.370. The van der Waals surface area contributed by atoms with Gasteiger partial charge in [-0.2, -0.15) is 0 Å². The fraction of sp³-hybridized carbons (Fsp3) is 0.500. The van der Waals surface area contributed by atoms with Gasteiger partial charge in [-0.05, 0) is 44.0 Å². The van der Waals surface area contributed by atoms with Gasteiger partial charge in [-0.25, -0.2) is 13.1 Å². The molecule has 1 aromatic rings. The maximum absolute atomic E-state index is 12.1. The lowest BCUT2D eigenvalue weighted by Crippen LogP contribution is -2.26. The topological polar surface area (TPSA) is 101 Å². The molecule has 1 fully saturated rings. The number of carbonyl (C=O) groups is 1. The van der Waals surface area contributed by atoms with Crippen LogP contribution < -0.4 is 15.8 Å². The number of sulfonamides is 1. The molecule has 0 bridgehead atoms. The molecule has 0 heterocycles. The summed E-state index contributed by atoms with van der Waals surface area (Å²) >= 11 is 0. The Bertz CT molecular complexity index is 612. The van der Waals surface area contributed by atoms with Gasteiger partial charge in [-0.3, -0.25) is 4.79 Å². The zero-order chi connectivity index (χ0) is 15.5. The third-order valence-corrected chi connectivity index (χ3v) is 4.88. The number of hydrogen-bond donors (Lipinski definition) is 3. The first-order valence-corrected chi connectivity index (χ1v) is 8.54. The summed E-state index contributed by atoms with van der Waals surface area (Å²) in [7, 11) is -3.51. The van der Waals surface area contributed by atoms with Crippen LogP contribution in [0.1, 0.15) is 26.2 Å². The van der Waals surface area contributed by atoms with Crippen molar-refractivity contribution in [3.8, 4) is 0 Å². The normalized spacial score (nSPS) is 16.5. The van der Waals surface area contributed by atoms with Crippen molar-refractivity contribution >= 4 is 21.6 Å². The molecule has 116 valence electrons. The maximum atomic E-state index is 12.1. The fourth-order valence-electron chi connectivity index (χ4n) is 1.88. The molecule has 0 aliphatic heterocycles. The summed E-state index contributed by atoms with van der Waals surface area (Å²) in [4.78, 5) is 12.1. The van der Waals surface area contributed by atoms with Crippen LogP contribution in [0, 0.1) is 5.92 Å². The average Bonchev–Trinajstić information content (AvgIpc) is 3.22. The highest BCUT2D eigenvalue weighted by Gasteiger charge is 2.28. The van der Waals surface area contributed by atoms with Crippen molar-refractivity contribution in [3.05, 3.63) is 24.3 Å². The van der Waals surface area contributed by atoms with Crippen LogP contribution in [0.15, 0.2) is 29.2 Å². The average molecular weight is 311 g/mol. The minimum Gasteiger partial charge on any atom is -0.330 e. The molecule has 0 radical (unpaired) electrons. The van der Waals surface area contributed by atoms with Crippen molar-refractivity contribution < 1.29 is 13.2 Å². The molecule has 0 spiro atoms. The Morgan fingerprint density at radius 3 is 2.76 bits per heavy atom. The number of nitrogens with one attached hydrogen (secondary N) is 2. The van der Waals surface area contributed by atoms with Gasteiger partial charge in [0.05, 0.1) is 4.90 Å². The molecule has 2 rings (SSSR count). The molecule has 1 aliphatic rings. The third kappa shape index (κ3) is 4.52. The van der Waals surface area contributed by atoms with Gasteiger partial charge in [0, 0.05) is 17.6 Å². The Morgan fingerprint density at radius 1 is 1.43 bits per heavy atom. The van der Waals surface area contributed by atoms with Crippen molar-refractivity contribution in [1.29, 1.82) is 0 Å². The van der Waals surface area contributed by atoms with Crippen LogP contribution in [0.4, 0.5) is 5.69 Å². The molecule has 1 unspecified atom stereocenters. The second kappa shape index (κ2) is 6.55. The minimum atomic E-state index is -3.51. The number of nitrogens with two attached hydrogens (primary N) is 1. The fourth-order valence-corrected chi connectivity index (χ4v) is 3.23. The predicted molar refractivity (Wildman–Crippen MR) is 81.3 cm³/mol. The quantitative estimate of drug-likeness (QED) is 0.700. The van der Waals surface area contributed by atoms with Crippen molar-refractivity contribution in [2.75, 3.05) is 11.9 Å². The van der Waals surface area contributed by atoms with E-state index in [-0.39, 0.29) is 22.8 Å². The predicted octanol–water partition coefficient (Wildman–Crippen LogP) is 1.05. The number of carbonyl (C=O) groups excluding carboxylic acids is 1. The van der Waals surface area contributed by atoms with E-state index >= 15 is 0 Å². The Balaban J connectivity index is 2.08. The van der Waals surface area contributed by atoms with Crippen LogP contribution in [-0.4, -0.2) is 26.9 Å². The van der Waals surface area contributed by atoms with E-state index in [1.807, 2.05) is 0 Å². The standard InChI is InChI=1S/C14H21N3O3S/c1-10(7-8-15)14(18)16-12-3-2-4-13(9-12)21(19,20)17-11-5-6-11/h2-4,9-11,17H,5-8,15H2,1H3,(H,16,18). The summed E-state index contributed by atoms with van der Waals surface area (Å²) in [6.07, 6.45) is 2.35. The smallest absolute Gasteiger partial charge is 0.240 e. The minimum absolute atomic E-state index is 0.0535. The second-order valence-electron chi connectivity index (χ2n) is 5.39. The van der Waals surface area contributed by atoms with Crippen LogP contribution in [0.3, 0.4) is 0 Å². The molecule has 6 nitrogen and oxygen atoms in total. The number of amides is 1. The molecule has 0 saturated heterocycles. The van der Waals surface area contributed by atoms with E-state index in [9.17, 15) is 13.2 Å². The summed E-state index contributed by atoms with van der Waals surface area (Å²) < 4.78 is 26.8. The van der Waals surface area contributed by atoms with Gasteiger partial charge in [-0.15, -0.1) is 0 Å². The monoisotopic (exact) mass is 311 g/mol. The van der Waals surface area contributed by atoms with Crippen LogP contribution in [0.2, 0.25) is 0 Å². The molecule has 7 heteroatoms. The first-order valence-electron chi connectivity index (χ1n) is 7.05. The van der Waals surface area contributed by atoms with Gasteiger partial charge >= 0.3 is 0 Å². The summed E-state index contributed by atoms with van der Waals surface area (Å²) in [6.45, 7) is 2.23. The van der Waals surface area contributed by atoms with Gasteiger partial charge in [0.15, 0.2) is 0 Å². The van der Waals surface area contributed by atoms with Gasteiger partial charge in [0.25, 0.3) is 0 Å². The molecule has 1 amide bonds. The molecule has 4 N–H and O–H groups in total. The molecule has 0 aromatic heterocycles. The molecular weight excluding hydrogens is 290 g/mol. The summed E-state index contributed by atoms with van der Waals surface area (Å²) in [6, 6.07) is 6.33. The van der Waals surface area contributed by atoms with Gasteiger partial charge < -0.3 is 11.1 Å². The highest BCUT2D eigenvalue weighted by atomic mass is 32.2. The van der Waals surface area contributed by atoms with E-state index in [1.54, 1.807) is 19.1 Å². The Labute approximate surface area is 125 Å². The largest absolute Gasteiger partial charge is 0.330 e. The van der Waals surface area contributed by atoms with Gasteiger partial charge in [0.2, 0.25) is 15.9 Å². The molecule has 1 aliphatic carbocycles. The van der Waals surface area contributed by atoms with Crippen molar-refractivity contribution in [2.45, 2.75) is 37.1 Å². The van der Waals surface area contributed by atoms with E-state index < -0.39 is 10.0 Å². The van der Waals surface area contributed by atoms with Crippen molar-refractivity contribution in [1.82, 2.24) is 4.72 Å². The SMILES string of the molecule is CC(CCN)C(=O)Nc1cccc(S(=O)(=O)NC2CC2)c1. The van der Waals surface area contributed by atoms with Gasteiger partial charge in [0.1, 0.15) is 0 Å². The van der Waals surface area contributed by atoms with Gasteiger partial charge in [-0.1, -0.05) is 13.0 Å². The zero-order valence-corrected chi connectivity index (χ0v) is 12.8. The van der Waals surface area contributed by atoms with Crippen LogP contribution >= 0.6 is 0 Å². The lowest BCUT2D eigenvalue weighted by atomic mass is 10.1. The first kappa shape index (κ1) is 15.9. The maximum Gasteiger partial charge on any atom is 0.240 e. The Kier molecular flexibility index (Phi) is 4.97. The molecule has 1 aromatic carbocycles. The van der Waals surface area contributed by atoms with E-state index in [1.165, 1.54) is 12.1 Å². The zero-order valence-electron chi connectivity index (χ0n) is 12.0. The molecule has 1 saturated carbocycles. The lowest BCUT2D eigenvalue weighted by molar-refractivity contribution is -0.119. The number of anilines is 1. The first-order chi connectivity index (χ1) is 9.92. The lowest BCUT2D eigenvalue weighted by Gasteiger charge is -2.12. The van der Waals surface area contributed by atoms with Crippen LogP contribution in [0.25, 0.3) is 0 Å². The number of benzene rings is 1. The summed E-state index contributed by atoms with van der Waals surface area (Å²) in [5, 5.41) is 2.72. The van der Waals surface area contributed by atoms with E-state index in [0.29, 0.717) is 18.7 Å². The highest BCUT2D eigenvalue weighted by Crippen LogP contribution is 2.23. The Morgan fingerprint density at radius 2 is 2.14 bits per heavy atom. The Hall–Kier alpha value is -1.44. The van der Waals surface area contributed by atoms with Crippen molar-refractivity contribution in [2.24, 2.45) is 11.7 Å². The second-order valence-corrected chi connectivity index (χ2v) is 7.11. The van der Waals surface area contributed by atoms with Crippen molar-refractivity contribution in [3.63, 3.8) is 0 Å².